The Balaban J connectivity index is 1.89. The summed E-state index contributed by atoms with van der Waals surface area (Å²) in [5.74, 6) is 0.486. The maximum absolute atomic E-state index is 5.74. The van der Waals surface area contributed by atoms with Crippen LogP contribution in [-0.2, 0) is 0 Å². The van der Waals surface area contributed by atoms with Crippen molar-refractivity contribution in [2.24, 2.45) is 4.99 Å². The van der Waals surface area contributed by atoms with Crippen LogP contribution in [0.5, 0.6) is 0 Å². The highest BCUT2D eigenvalue weighted by Gasteiger charge is 2.06. The molecule has 3 aromatic rings. The zero-order chi connectivity index (χ0) is 16.9. The number of nitrogens with one attached hydrogen (secondary N) is 1. The van der Waals surface area contributed by atoms with Gasteiger partial charge in [0.15, 0.2) is 5.13 Å². The molecule has 120 valence electrons. The van der Waals surface area contributed by atoms with Gasteiger partial charge in [0.2, 0.25) is 5.95 Å². The van der Waals surface area contributed by atoms with Gasteiger partial charge in [0.25, 0.3) is 0 Å². The van der Waals surface area contributed by atoms with E-state index in [-0.39, 0.29) is 0 Å². The minimum atomic E-state index is 0.486. The summed E-state index contributed by atoms with van der Waals surface area (Å²) < 4.78 is 1.01. The Labute approximate surface area is 143 Å². The first-order valence-corrected chi connectivity index (χ1v) is 8.07. The molecular weight excluding hydrogens is 320 g/mol. The van der Waals surface area contributed by atoms with Crippen LogP contribution in [0.1, 0.15) is 12.6 Å². The summed E-state index contributed by atoms with van der Waals surface area (Å²) in [4.78, 5) is 17.0. The molecule has 24 heavy (non-hydrogen) atoms. The van der Waals surface area contributed by atoms with Gasteiger partial charge in [-0.1, -0.05) is 23.5 Å². The number of nitrogens with zero attached hydrogens (tertiary/aromatic N) is 4. The summed E-state index contributed by atoms with van der Waals surface area (Å²) in [5, 5.41) is 3.74. The van der Waals surface area contributed by atoms with Gasteiger partial charge in [0, 0.05) is 11.9 Å². The van der Waals surface area contributed by atoms with Crippen molar-refractivity contribution < 1.29 is 0 Å². The van der Waals surface area contributed by atoms with E-state index < -0.39 is 0 Å². The van der Waals surface area contributed by atoms with Crippen LogP contribution in [0.4, 0.5) is 16.8 Å². The summed E-state index contributed by atoms with van der Waals surface area (Å²) in [7, 11) is 0. The molecule has 7 heteroatoms. The molecule has 0 radical (unpaired) electrons. The normalized spacial score (nSPS) is 12.0. The Hall–Kier alpha value is -3.06. The van der Waals surface area contributed by atoms with Crippen molar-refractivity contribution in [3.63, 3.8) is 0 Å². The zero-order valence-corrected chi connectivity index (χ0v) is 13.9. The predicted molar refractivity (Wildman–Crippen MR) is 102 cm³/mol. The number of allylic oxidation sites excluding steroid dienone is 3. The van der Waals surface area contributed by atoms with E-state index in [2.05, 4.69) is 32.0 Å². The molecule has 3 rings (SSSR count). The SMILES string of the molecule is C=N/C(=C\C=C/C)c1ccnc(Nc2ccc3nc(N)sc3c2)n1. The van der Waals surface area contributed by atoms with Crippen LogP contribution in [0.15, 0.2) is 53.7 Å². The highest BCUT2D eigenvalue weighted by atomic mass is 32.1. The number of aromatic nitrogens is 3. The first kappa shape index (κ1) is 15.8. The highest BCUT2D eigenvalue weighted by molar-refractivity contribution is 7.22. The second kappa shape index (κ2) is 7.01. The monoisotopic (exact) mass is 336 g/mol. The minimum absolute atomic E-state index is 0.486. The van der Waals surface area contributed by atoms with E-state index in [1.54, 1.807) is 12.3 Å². The van der Waals surface area contributed by atoms with Gasteiger partial charge in [0.1, 0.15) is 0 Å². The fourth-order valence-electron chi connectivity index (χ4n) is 2.12. The van der Waals surface area contributed by atoms with Crippen LogP contribution >= 0.6 is 11.3 Å². The number of hydrogen-bond donors (Lipinski definition) is 2. The summed E-state index contributed by atoms with van der Waals surface area (Å²) in [5.41, 5.74) is 8.87. The molecule has 3 N–H and O–H groups in total. The molecule has 6 nitrogen and oxygen atoms in total. The van der Waals surface area contributed by atoms with Gasteiger partial charge in [-0.25, -0.2) is 15.0 Å². The van der Waals surface area contributed by atoms with Crippen molar-refractivity contribution in [2.75, 3.05) is 11.1 Å². The standard InChI is InChI=1S/C17H16N6S/c1-3-4-5-12(19-2)13-8-9-20-17(23-13)21-11-6-7-14-15(10-11)24-16(18)22-14/h3-10H,2H2,1H3,(H2,18,22)(H,20,21,23)/b4-3-,12-5-. The quantitative estimate of drug-likeness (QED) is 0.542. The molecule has 0 saturated carbocycles. The predicted octanol–water partition coefficient (Wildman–Crippen LogP) is 4.03. The number of thiazole rings is 1. The van der Waals surface area contributed by atoms with E-state index >= 15 is 0 Å². The average molecular weight is 336 g/mol. The first-order chi connectivity index (χ1) is 11.7. The number of rotatable bonds is 5. The molecule has 0 aliphatic carbocycles. The fraction of sp³-hybridized carbons (Fsp3) is 0.0588. The van der Waals surface area contributed by atoms with E-state index in [0.29, 0.717) is 22.5 Å². The van der Waals surface area contributed by atoms with Crippen LogP contribution < -0.4 is 11.1 Å². The molecule has 2 heterocycles. The van der Waals surface area contributed by atoms with Crippen molar-refractivity contribution in [3.8, 4) is 0 Å². The van der Waals surface area contributed by atoms with Crippen LogP contribution in [0.2, 0.25) is 0 Å². The number of anilines is 3. The summed E-state index contributed by atoms with van der Waals surface area (Å²) in [6, 6.07) is 7.60. The van der Waals surface area contributed by atoms with Crippen LogP contribution in [0.3, 0.4) is 0 Å². The van der Waals surface area contributed by atoms with Crippen molar-refractivity contribution in [3.05, 3.63) is 54.4 Å². The number of nitrogen functional groups attached to an aromatic ring is 1. The van der Waals surface area contributed by atoms with Gasteiger partial charge in [-0.05, 0) is 44.0 Å². The number of benzene rings is 1. The highest BCUT2D eigenvalue weighted by Crippen LogP contribution is 2.27. The Morgan fingerprint density at radius 2 is 2.21 bits per heavy atom. The van der Waals surface area contributed by atoms with Crippen molar-refractivity contribution in [1.82, 2.24) is 15.0 Å². The molecule has 1 aromatic carbocycles. The molecule has 2 aromatic heterocycles. The molecule has 0 aliphatic rings. The number of hydrogen-bond acceptors (Lipinski definition) is 7. The van der Waals surface area contributed by atoms with Crippen LogP contribution in [-0.4, -0.2) is 21.7 Å². The lowest BCUT2D eigenvalue weighted by atomic mass is 10.2. The Bertz CT molecular complexity index is 941. The van der Waals surface area contributed by atoms with E-state index in [1.165, 1.54) is 11.3 Å². The van der Waals surface area contributed by atoms with E-state index in [1.807, 2.05) is 43.4 Å². The molecule has 0 bridgehead atoms. The van der Waals surface area contributed by atoms with Gasteiger partial charge >= 0.3 is 0 Å². The maximum atomic E-state index is 5.74. The second-order valence-electron chi connectivity index (χ2n) is 4.86. The van der Waals surface area contributed by atoms with Crippen molar-refractivity contribution in [2.45, 2.75) is 6.92 Å². The molecule has 0 atom stereocenters. The van der Waals surface area contributed by atoms with Crippen LogP contribution in [0, 0.1) is 0 Å². The van der Waals surface area contributed by atoms with Gasteiger partial charge < -0.3 is 11.1 Å². The minimum Gasteiger partial charge on any atom is -0.375 e. The smallest absolute Gasteiger partial charge is 0.227 e. The second-order valence-corrected chi connectivity index (χ2v) is 5.92. The summed E-state index contributed by atoms with van der Waals surface area (Å²) >= 11 is 1.44. The number of nitrogens with two attached hydrogens (primary N) is 1. The third kappa shape index (κ3) is 3.47. The van der Waals surface area contributed by atoms with Crippen LogP contribution in [0.25, 0.3) is 15.9 Å². The van der Waals surface area contributed by atoms with Gasteiger partial charge in [-0.3, -0.25) is 4.99 Å². The maximum Gasteiger partial charge on any atom is 0.227 e. The third-order valence-corrected chi connectivity index (χ3v) is 4.04. The Morgan fingerprint density at radius 1 is 1.33 bits per heavy atom. The lowest BCUT2D eigenvalue weighted by molar-refractivity contribution is 1.14. The molecule has 0 unspecified atom stereocenters. The summed E-state index contributed by atoms with van der Waals surface area (Å²) in [6.07, 6.45) is 7.34. The van der Waals surface area contributed by atoms with Crippen molar-refractivity contribution >= 4 is 50.7 Å². The first-order valence-electron chi connectivity index (χ1n) is 7.26. The molecule has 0 saturated heterocycles. The lowest BCUT2D eigenvalue weighted by Crippen LogP contribution is -1.99. The molecule has 0 amide bonds. The fourth-order valence-corrected chi connectivity index (χ4v) is 2.89. The lowest BCUT2D eigenvalue weighted by Gasteiger charge is -2.06. The molecule has 0 fully saturated rings. The zero-order valence-electron chi connectivity index (χ0n) is 13.1. The number of aliphatic imine (C=N–C) groups is 1. The third-order valence-electron chi connectivity index (χ3n) is 3.20. The topological polar surface area (TPSA) is 89.1 Å². The molecule has 0 spiro atoms. The molecular formula is C17H16N6S. The molecule has 0 aliphatic heterocycles. The van der Waals surface area contributed by atoms with E-state index in [0.717, 1.165) is 15.9 Å². The Kier molecular flexibility index (Phi) is 4.62. The van der Waals surface area contributed by atoms with Gasteiger partial charge in [-0.15, -0.1) is 0 Å². The van der Waals surface area contributed by atoms with Gasteiger partial charge in [0.05, 0.1) is 21.6 Å². The van der Waals surface area contributed by atoms with E-state index in [9.17, 15) is 0 Å². The van der Waals surface area contributed by atoms with Crippen molar-refractivity contribution in [1.29, 1.82) is 0 Å². The summed E-state index contributed by atoms with van der Waals surface area (Å²) in [6.45, 7) is 5.53. The Morgan fingerprint density at radius 3 is 3.00 bits per heavy atom. The number of fused-ring (bicyclic) bond motifs is 1. The van der Waals surface area contributed by atoms with Gasteiger partial charge in [-0.2, -0.15) is 0 Å². The van der Waals surface area contributed by atoms with E-state index in [4.69, 9.17) is 5.73 Å². The average Bonchev–Trinajstić information content (AvgIpc) is 2.95. The largest absolute Gasteiger partial charge is 0.375 e.